The van der Waals surface area contributed by atoms with Gasteiger partial charge in [0.1, 0.15) is 11.6 Å². The third kappa shape index (κ3) is 4.45. The summed E-state index contributed by atoms with van der Waals surface area (Å²) in [4.78, 5) is 8.35. The molecule has 7 heteroatoms. The Bertz CT molecular complexity index is 767. The zero-order valence-corrected chi connectivity index (χ0v) is 12.9. The second-order valence-electron chi connectivity index (χ2n) is 4.99. The third-order valence-electron chi connectivity index (χ3n) is 3.21. The van der Waals surface area contributed by atoms with E-state index in [1.165, 1.54) is 12.1 Å². The molecule has 122 valence electrons. The molecule has 1 N–H and O–H groups in total. The number of hydrogen-bond donors (Lipinski definition) is 1. The maximum absolute atomic E-state index is 13.0. The van der Waals surface area contributed by atoms with Crippen LogP contribution >= 0.6 is 0 Å². The first-order chi connectivity index (χ1) is 11.8. The van der Waals surface area contributed by atoms with Crippen LogP contribution in [0.4, 0.5) is 10.3 Å². The Hall–Kier alpha value is -3.09. The fourth-order valence-corrected chi connectivity index (χ4v) is 2.03. The van der Waals surface area contributed by atoms with Crippen LogP contribution in [0.1, 0.15) is 6.42 Å². The van der Waals surface area contributed by atoms with Gasteiger partial charge in [0.25, 0.3) is 0 Å². The zero-order valence-electron chi connectivity index (χ0n) is 12.9. The summed E-state index contributed by atoms with van der Waals surface area (Å²) in [5.74, 6) is 0.889. The molecule has 24 heavy (non-hydrogen) atoms. The van der Waals surface area contributed by atoms with Crippen molar-refractivity contribution < 1.29 is 9.13 Å². The molecule has 0 atom stereocenters. The molecule has 6 nitrogen and oxygen atoms in total. The van der Waals surface area contributed by atoms with Gasteiger partial charge in [0, 0.05) is 18.3 Å². The Balaban J connectivity index is 1.49. The van der Waals surface area contributed by atoms with Gasteiger partial charge in [-0.05, 0) is 42.8 Å². The van der Waals surface area contributed by atoms with Gasteiger partial charge >= 0.3 is 0 Å². The number of aromatic nitrogens is 4. The summed E-state index contributed by atoms with van der Waals surface area (Å²) in [5, 5.41) is 11.0. The van der Waals surface area contributed by atoms with Gasteiger partial charge in [0.2, 0.25) is 5.95 Å². The topological polar surface area (TPSA) is 72.8 Å². The van der Waals surface area contributed by atoms with Crippen molar-refractivity contribution in [3.8, 4) is 17.0 Å². The molecule has 0 saturated carbocycles. The molecule has 0 radical (unpaired) electrons. The number of pyridine rings is 1. The van der Waals surface area contributed by atoms with E-state index >= 15 is 0 Å². The lowest BCUT2D eigenvalue weighted by molar-refractivity contribution is 0.313. The maximum atomic E-state index is 13.0. The molecule has 0 aliphatic carbocycles. The smallest absolute Gasteiger partial charge is 0.243 e. The summed E-state index contributed by atoms with van der Waals surface area (Å²) < 4.78 is 18.5. The van der Waals surface area contributed by atoms with Crippen LogP contribution in [0.3, 0.4) is 0 Å². The zero-order chi connectivity index (χ0) is 16.6. The summed E-state index contributed by atoms with van der Waals surface area (Å²) in [7, 11) is 0. The molecule has 0 aliphatic heterocycles. The molecule has 0 amide bonds. The van der Waals surface area contributed by atoms with Crippen molar-refractivity contribution in [1.82, 2.24) is 20.2 Å². The van der Waals surface area contributed by atoms with Crippen molar-refractivity contribution in [1.29, 1.82) is 0 Å². The molecule has 0 spiro atoms. The Labute approximate surface area is 138 Å². The first kappa shape index (κ1) is 15.8. The van der Waals surface area contributed by atoms with Gasteiger partial charge < -0.3 is 10.1 Å². The fourth-order valence-electron chi connectivity index (χ4n) is 2.03. The lowest BCUT2D eigenvalue weighted by atomic mass is 10.2. The van der Waals surface area contributed by atoms with E-state index in [0.29, 0.717) is 24.8 Å². The highest BCUT2D eigenvalue weighted by Gasteiger charge is 2.03. The lowest BCUT2D eigenvalue weighted by Crippen LogP contribution is -2.10. The summed E-state index contributed by atoms with van der Waals surface area (Å²) in [6, 6.07) is 9.78. The number of halogens is 1. The van der Waals surface area contributed by atoms with Gasteiger partial charge in [-0.2, -0.15) is 5.10 Å². The lowest BCUT2D eigenvalue weighted by Gasteiger charge is -2.07. The minimum atomic E-state index is -0.285. The Morgan fingerprint density at radius 2 is 1.96 bits per heavy atom. The van der Waals surface area contributed by atoms with E-state index in [1.54, 1.807) is 30.7 Å². The number of benzene rings is 1. The minimum Gasteiger partial charge on any atom is -0.492 e. The average Bonchev–Trinajstić information content (AvgIpc) is 2.63. The first-order valence-electron chi connectivity index (χ1n) is 7.53. The van der Waals surface area contributed by atoms with Crippen LogP contribution in [-0.2, 0) is 0 Å². The van der Waals surface area contributed by atoms with Gasteiger partial charge in [-0.1, -0.05) is 0 Å². The van der Waals surface area contributed by atoms with Crippen LogP contribution in [0.5, 0.6) is 5.75 Å². The highest BCUT2D eigenvalue weighted by Crippen LogP contribution is 2.17. The van der Waals surface area contributed by atoms with Crippen LogP contribution in [0, 0.1) is 5.82 Å². The molecule has 1 aromatic carbocycles. The van der Waals surface area contributed by atoms with E-state index in [2.05, 4.69) is 25.5 Å². The summed E-state index contributed by atoms with van der Waals surface area (Å²) in [6.07, 6.45) is 5.70. The molecule has 0 aliphatic rings. The van der Waals surface area contributed by atoms with Crippen molar-refractivity contribution >= 4 is 5.95 Å². The Morgan fingerprint density at radius 3 is 2.75 bits per heavy atom. The third-order valence-corrected chi connectivity index (χ3v) is 3.21. The average molecular weight is 325 g/mol. The molecule has 3 rings (SSSR count). The molecule has 0 unspecified atom stereocenters. The highest BCUT2D eigenvalue weighted by atomic mass is 19.1. The van der Waals surface area contributed by atoms with Crippen molar-refractivity contribution in [3.05, 3.63) is 60.8 Å². The normalized spacial score (nSPS) is 10.4. The van der Waals surface area contributed by atoms with Crippen LogP contribution in [-0.4, -0.2) is 33.3 Å². The Kier molecular flexibility index (Phi) is 5.24. The quantitative estimate of drug-likeness (QED) is 0.673. The van der Waals surface area contributed by atoms with Gasteiger partial charge in [-0.25, -0.2) is 9.37 Å². The van der Waals surface area contributed by atoms with E-state index in [-0.39, 0.29) is 5.82 Å². The summed E-state index contributed by atoms with van der Waals surface area (Å²) in [5.41, 5.74) is 1.42. The molecule has 0 bridgehead atoms. The van der Waals surface area contributed by atoms with E-state index < -0.39 is 0 Å². The van der Waals surface area contributed by atoms with Crippen LogP contribution < -0.4 is 10.1 Å². The SMILES string of the molecule is Fc1ccc(-c2cnnc(NCCCOc3cccnc3)n2)cc1. The number of rotatable bonds is 7. The number of ether oxygens (including phenoxy) is 1. The predicted molar refractivity (Wildman–Crippen MR) is 88.1 cm³/mol. The van der Waals surface area contributed by atoms with E-state index in [4.69, 9.17) is 4.74 Å². The number of hydrogen-bond acceptors (Lipinski definition) is 6. The van der Waals surface area contributed by atoms with Crippen molar-refractivity contribution in [2.75, 3.05) is 18.5 Å². The van der Waals surface area contributed by atoms with Gasteiger partial charge in [-0.3, -0.25) is 4.98 Å². The summed E-state index contributed by atoms with van der Waals surface area (Å²) in [6.45, 7) is 1.21. The van der Waals surface area contributed by atoms with Crippen molar-refractivity contribution in [3.63, 3.8) is 0 Å². The van der Waals surface area contributed by atoms with Crippen LogP contribution in [0.25, 0.3) is 11.3 Å². The van der Waals surface area contributed by atoms with Crippen LogP contribution in [0.2, 0.25) is 0 Å². The number of nitrogens with zero attached hydrogens (tertiary/aromatic N) is 4. The highest BCUT2D eigenvalue weighted by molar-refractivity contribution is 5.58. The number of anilines is 1. The summed E-state index contributed by atoms with van der Waals surface area (Å²) >= 11 is 0. The minimum absolute atomic E-state index is 0.285. The van der Waals surface area contributed by atoms with E-state index in [0.717, 1.165) is 17.7 Å². The van der Waals surface area contributed by atoms with E-state index in [1.807, 2.05) is 12.1 Å². The first-order valence-corrected chi connectivity index (χ1v) is 7.53. The van der Waals surface area contributed by atoms with Crippen molar-refractivity contribution in [2.45, 2.75) is 6.42 Å². The molecule has 3 aromatic rings. The number of nitrogens with one attached hydrogen (secondary N) is 1. The predicted octanol–water partition coefficient (Wildman–Crippen LogP) is 2.95. The van der Waals surface area contributed by atoms with E-state index in [9.17, 15) is 4.39 Å². The molecule has 0 saturated heterocycles. The largest absolute Gasteiger partial charge is 0.492 e. The van der Waals surface area contributed by atoms with Crippen molar-refractivity contribution in [2.24, 2.45) is 0 Å². The monoisotopic (exact) mass is 325 g/mol. The van der Waals surface area contributed by atoms with Gasteiger partial charge in [0.15, 0.2) is 0 Å². The second kappa shape index (κ2) is 7.96. The maximum Gasteiger partial charge on any atom is 0.243 e. The Morgan fingerprint density at radius 1 is 1.08 bits per heavy atom. The molecular weight excluding hydrogens is 309 g/mol. The van der Waals surface area contributed by atoms with Gasteiger partial charge in [0.05, 0.1) is 24.7 Å². The standard InChI is InChI=1S/C17H16FN5O/c18-14-6-4-13(5-7-14)16-12-21-23-17(22-16)20-9-2-10-24-15-3-1-8-19-11-15/h1,3-8,11-12H,2,9-10H2,(H,20,22,23). The molecule has 2 heterocycles. The molecular formula is C17H16FN5O. The van der Waals surface area contributed by atoms with Crippen LogP contribution in [0.15, 0.2) is 55.0 Å². The molecule has 2 aromatic heterocycles. The fraction of sp³-hybridized carbons (Fsp3) is 0.176. The van der Waals surface area contributed by atoms with Gasteiger partial charge in [-0.15, -0.1) is 5.10 Å². The molecule has 0 fully saturated rings. The second-order valence-corrected chi connectivity index (χ2v) is 4.99.